The van der Waals surface area contributed by atoms with Crippen LogP contribution in [0.25, 0.3) is 10.6 Å². The fourth-order valence-electron chi connectivity index (χ4n) is 3.54. The van der Waals surface area contributed by atoms with Crippen molar-refractivity contribution < 1.29 is 4.79 Å². The molecule has 1 atom stereocenters. The van der Waals surface area contributed by atoms with Crippen molar-refractivity contribution in [2.24, 2.45) is 5.92 Å². The van der Waals surface area contributed by atoms with Crippen LogP contribution in [0, 0.1) is 5.92 Å². The Morgan fingerprint density at radius 2 is 1.81 bits per heavy atom. The summed E-state index contributed by atoms with van der Waals surface area (Å²) in [6.07, 6.45) is 2.61. The normalized spacial score (nSPS) is 16.1. The van der Waals surface area contributed by atoms with Gasteiger partial charge in [0.05, 0.1) is 5.69 Å². The van der Waals surface area contributed by atoms with Gasteiger partial charge in [-0.15, -0.1) is 11.3 Å². The van der Waals surface area contributed by atoms with Gasteiger partial charge in [-0.1, -0.05) is 60.7 Å². The predicted octanol–water partition coefficient (Wildman–Crippen LogP) is 4.57. The first-order chi connectivity index (χ1) is 12.7. The molecule has 0 bridgehead atoms. The molecule has 4 heteroatoms. The highest BCUT2D eigenvalue weighted by Crippen LogP contribution is 2.35. The Morgan fingerprint density at radius 1 is 1.12 bits per heavy atom. The summed E-state index contributed by atoms with van der Waals surface area (Å²) in [6.45, 7) is 0.668. The van der Waals surface area contributed by atoms with E-state index in [2.05, 4.69) is 24.3 Å². The van der Waals surface area contributed by atoms with E-state index < -0.39 is 0 Å². The minimum Gasteiger partial charge on any atom is -0.341 e. The summed E-state index contributed by atoms with van der Waals surface area (Å²) in [5.41, 5.74) is 3.52. The second-order valence-corrected chi connectivity index (χ2v) is 7.96. The maximum Gasteiger partial charge on any atom is 0.226 e. The molecule has 0 N–H and O–H groups in total. The molecule has 0 radical (unpaired) electrons. The van der Waals surface area contributed by atoms with Crippen LogP contribution >= 0.6 is 11.3 Å². The highest BCUT2D eigenvalue weighted by Gasteiger charge is 2.29. The molecule has 1 aromatic heterocycles. The Kier molecular flexibility index (Phi) is 4.85. The largest absolute Gasteiger partial charge is 0.341 e. The van der Waals surface area contributed by atoms with Crippen LogP contribution in [0.2, 0.25) is 0 Å². The summed E-state index contributed by atoms with van der Waals surface area (Å²) in [6, 6.07) is 20.5. The highest BCUT2D eigenvalue weighted by molar-refractivity contribution is 7.15. The Bertz CT molecular complexity index is 889. The second-order valence-electron chi connectivity index (χ2n) is 6.87. The van der Waals surface area contributed by atoms with Crippen molar-refractivity contribution in [1.82, 2.24) is 9.88 Å². The molecule has 4 rings (SSSR count). The number of benzene rings is 2. The van der Waals surface area contributed by atoms with E-state index >= 15 is 0 Å². The van der Waals surface area contributed by atoms with Crippen LogP contribution in [0.15, 0.2) is 60.7 Å². The number of aryl methyl sites for hydroxylation is 1. The molecule has 0 saturated heterocycles. The first kappa shape index (κ1) is 17.0. The first-order valence-corrected chi connectivity index (χ1v) is 9.85. The molecule has 1 unspecified atom stereocenters. The van der Waals surface area contributed by atoms with Gasteiger partial charge < -0.3 is 4.90 Å². The van der Waals surface area contributed by atoms with Gasteiger partial charge in [-0.3, -0.25) is 4.79 Å². The second kappa shape index (κ2) is 7.42. The molecule has 0 aliphatic heterocycles. The fourth-order valence-corrected chi connectivity index (χ4v) is 4.73. The van der Waals surface area contributed by atoms with E-state index in [4.69, 9.17) is 4.98 Å². The van der Waals surface area contributed by atoms with Crippen LogP contribution in [0.5, 0.6) is 0 Å². The summed E-state index contributed by atoms with van der Waals surface area (Å²) in [7, 11) is 1.91. The number of hydrogen-bond donors (Lipinski definition) is 0. The summed E-state index contributed by atoms with van der Waals surface area (Å²) in [5, 5.41) is 1.07. The SMILES string of the molecule is CN(Cc1ccccc1)C(=O)C1CCc2nc(-c3ccccc3)sc2C1. The maximum absolute atomic E-state index is 12.9. The van der Waals surface area contributed by atoms with Crippen LogP contribution in [-0.4, -0.2) is 22.8 Å². The average molecular weight is 362 g/mol. The molecule has 1 aliphatic carbocycles. The number of nitrogens with zero attached hydrogens (tertiary/aromatic N) is 2. The minimum atomic E-state index is 0.0697. The Hall–Kier alpha value is -2.46. The van der Waals surface area contributed by atoms with Gasteiger partial charge in [0.1, 0.15) is 5.01 Å². The third kappa shape index (κ3) is 3.56. The van der Waals surface area contributed by atoms with E-state index in [1.807, 2.05) is 48.3 Å². The van der Waals surface area contributed by atoms with Crippen LogP contribution in [0.3, 0.4) is 0 Å². The predicted molar refractivity (Wildman–Crippen MR) is 106 cm³/mol. The fraction of sp³-hybridized carbons (Fsp3) is 0.273. The molecule has 3 nitrogen and oxygen atoms in total. The topological polar surface area (TPSA) is 33.2 Å². The zero-order valence-electron chi connectivity index (χ0n) is 14.9. The van der Waals surface area contributed by atoms with Gasteiger partial charge in [0.2, 0.25) is 5.91 Å². The smallest absolute Gasteiger partial charge is 0.226 e. The molecular weight excluding hydrogens is 340 g/mol. The standard InChI is InChI=1S/C22H22N2OS/c1-24(15-16-8-4-2-5-9-16)22(25)18-12-13-19-20(14-18)26-21(23-19)17-10-6-3-7-11-17/h2-11,18H,12-15H2,1H3. The summed E-state index contributed by atoms with van der Waals surface area (Å²) in [5.74, 6) is 0.314. The van der Waals surface area contributed by atoms with E-state index in [0.717, 1.165) is 29.8 Å². The van der Waals surface area contributed by atoms with Crippen LogP contribution in [0.4, 0.5) is 0 Å². The number of carbonyl (C=O) groups excluding carboxylic acids is 1. The van der Waals surface area contributed by atoms with Crippen molar-refractivity contribution in [3.8, 4) is 10.6 Å². The van der Waals surface area contributed by atoms with Gasteiger partial charge in [0.25, 0.3) is 0 Å². The number of hydrogen-bond acceptors (Lipinski definition) is 3. The lowest BCUT2D eigenvalue weighted by molar-refractivity contribution is -0.135. The Balaban J connectivity index is 1.46. The van der Waals surface area contributed by atoms with E-state index in [9.17, 15) is 4.79 Å². The molecule has 1 heterocycles. The zero-order valence-corrected chi connectivity index (χ0v) is 15.7. The lowest BCUT2D eigenvalue weighted by atomic mass is 9.90. The number of fused-ring (bicyclic) bond motifs is 1. The summed E-state index contributed by atoms with van der Waals surface area (Å²) < 4.78 is 0. The number of carbonyl (C=O) groups is 1. The zero-order chi connectivity index (χ0) is 17.9. The van der Waals surface area contributed by atoms with E-state index in [1.165, 1.54) is 16.1 Å². The van der Waals surface area contributed by atoms with Gasteiger partial charge in [0, 0.05) is 30.0 Å². The molecule has 1 amide bonds. The van der Waals surface area contributed by atoms with Gasteiger partial charge in [0.15, 0.2) is 0 Å². The molecule has 132 valence electrons. The third-order valence-corrected chi connectivity index (χ3v) is 6.12. The monoisotopic (exact) mass is 362 g/mol. The summed E-state index contributed by atoms with van der Waals surface area (Å²) in [4.78, 5) is 20.9. The summed E-state index contributed by atoms with van der Waals surface area (Å²) >= 11 is 1.74. The lowest BCUT2D eigenvalue weighted by Gasteiger charge is -2.26. The van der Waals surface area contributed by atoms with E-state index in [1.54, 1.807) is 11.3 Å². The Morgan fingerprint density at radius 3 is 2.54 bits per heavy atom. The van der Waals surface area contributed by atoms with E-state index in [-0.39, 0.29) is 11.8 Å². The molecular formula is C22H22N2OS. The molecule has 1 aliphatic rings. The van der Waals surface area contributed by atoms with Gasteiger partial charge in [-0.2, -0.15) is 0 Å². The number of amides is 1. The van der Waals surface area contributed by atoms with Crippen molar-refractivity contribution in [2.45, 2.75) is 25.8 Å². The lowest BCUT2D eigenvalue weighted by Crippen LogP contribution is -2.35. The molecule has 0 fully saturated rings. The van der Waals surface area contributed by atoms with E-state index in [0.29, 0.717) is 6.54 Å². The molecule has 3 aromatic rings. The third-order valence-electron chi connectivity index (χ3n) is 4.95. The highest BCUT2D eigenvalue weighted by atomic mass is 32.1. The van der Waals surface area contributed by atoms with Crippen molar-refractivity contribution in [3.63, 3.8) is 0 Å². The average Bonchev–Trinajstić information content (AvgIpc) is 3.12. The first-order valence-electron chi connectivity index (χ1n) is 9.03. The van der Waals surface area contributed by atoms with Gasteiger partial charge in [-0.05, 0) is 24.8 Å². The number of aromatic nitrogens is 1. The van der Waals surface area contributed by atoms with Gasteiger partial charge >= 0.3 is 0 Å². The number of rotatable bonds is 4. The number of thiazole rings is 1. The van der Waals surface area contributed by atoms with Crippen LogP contribution in [0.1, 0.15) is 22.6 Å². The van der Waals surface area contributed by atoms with Crippen molar-refractivity contribution in [3.05, 3.63) is 76.8 Å². The molecule has 26 heavy (non-hydrogen) atoms. The van der Waals surface area contributed by atoms with Gasteiger partial charge in [-0.25, -0.2) is 4.98 Å². The molecule has 2 aromatic carbocycles. The van der Waals surface area contributed by atoms with Crippen molar-refractivity contribution in [1.29, 1.82) is 0 Å². The van der Waals surface area contributed by atoms with Crippen molar-refractivity contribution >= 4 is 17.2 Å². The Labute approximate surface area is 158 Å². The minimum absolute atomic E-state index is 0.0697. The molecule has 0 saturated carbocycles. The van der Waals surface area contributed by atoms with Crippen LogP contribution < -0.4 is 0 Å². The quantitative estimate of drug-likeness (QED) is 0.681. The van der Waals surface area contributed by atoms with Crippen LogP contribution in [-0.2, 0) is 24.2 Å². The molecule has 0 spiro atoms. The maximum atomic E-state index is 12.9. The van der Waals surface area contributed by atoms with Crippen molar-refractivity contribution in [2.75, 3.05) is 7.05 Å².